The number of carbonyl (C=O) groups is 1. The molecule has 28 heavy (non-hydrogen) atoms. The van der Waals surface area contributed by atoms with Crippen LogP contribution in [0.3, 0.4) is 0 Å². The number of aromatic nitrogens is 1. The van der Waals surface area contributed by atoms with Gasteiger partial charge in [0.05, 0.1) is 5.69 Å². The molecule has 6 heteroatoms. The Bertz CT molecular complexity index is 906. The first-order valence-corrected chi connectivity index (χ1v) is 10.3. The number of anilines is 1. The molecule has 3 aromatic rings. The number of nitrogens with zero attached hydrogens (tertiary/aromatic N) is 1. The molecule has 0 unspecified atom stereocenters. The van der Waals surface area contributed by atoms with Gasteiger partial charge in [0.25, 0.3) is 0 Å². The second-order valence-electron chi connectivity index (χ2n) is 6.97. The Balaban J connectivity index is 1.40. The molecule has 1 saturated heterocycles. The number of hydrogen-bond donors (Lipinski definition) is 2. The lowest BCUT2D eigenvalue weighted by Gasteiger charge is -2.37. The molecule has 2 aromatic carbocycles. The van der Waals surface area contributed by atoms with E-state index in [-0.39, 0.29) is 11.4 Å². The van der Waals surface area contributed by atoms with Gasteiger partial charge in [0.15, 0.2) is 5.13 Å². The van der Waals surface area contributed by atoms with Gasteiger partial charge in [-0.05, 0) is 18.4 Å². The number of ether oxygens (including phenoxy) is 1. The molecule has 144 valence electrons. The molecular weight excluding hydrogens is 370 g/mol. The lowest BCUT2D eigenvalue weighted by Crippen LogP contribution is -2.45. The summed E-state index contributed by atoms with van der Waals surface area (Å²) < 4.78 is 5.56. The monoisotopic (exact) mass is 393 g/mol. The molecular formula is C22H23N3O2S. The van der Waals surface area contributed by atoms with Gasteiger partial charge in [-0.2, -0.15) is 0 Å². The number of nitrogens with one attached hydrogen (secondary N) is 2. The average molecular weight is 394 g/mol. The van der Waals surface area contributed by atoms with Gasteiger partial charge in [0.1, 0.15) is 0 Å². The molecule has 1 fully saturated rings. The van der Waals surface area contributed by atoms with Gasteiger partial charge in [0, 0.05) is 36.1 Å². The minimum absolute atomic E-state index is 0.0884. The van der Waals surface area contributed by atoms with Crippen LogP contribution in [0.15, 0.2) is 66.0 Å². The van der Waals surface area contributed by atoms with Gasteiger partial charge < -0.3 is 10.1 Å². The average Bonchev–Trinajstić information content (AvgIpc) is 3.23. The molecule has 4 rings (SSSR count). The smallest absolute Gasteiger partial charge is 0.321 e. The normalized spacial score (nSPS) is 15.7. The van der Waals surface area contributed by atoms with E-state index >= 15 is 0 Å². The first-order valence-electron chi connectivity index (χ1n) is 9.44. The Kier molecular flexibility index (Phi) is 5.69. The Morgan fingerprint density at radius 3 is 2.43 bits per heavy atom. The van der Waals surface area contributed by atoms with Crippen LogP contribution in [-0.2, 0) is 10.2 Å². The van der Waals surface area contributed by atoms with Crippen LogP contribution < -0.4 is 10.6 Å². The predicted octanol–water partition coefficient (Wildman–Crippen LogP) is 4.68. The summed E-state index contributed by atoms with van der Waals surface area (Å²) in [6.45, 7) is 2.00. The van der Waals surface area contributed by atoms with Crippen LogP contribution in [0.2, 0.25) is 0 Å². The number of rotatable bonds is 5. The van der Waals surface area contributed by atoms with Crippen molar-refractivity contribution in [3.63, 3.8) is 0 Å². The number of urea groups is 1. The van der Waals surface area contributed by atoms with Gasteiger partial charge in [-0.1, -0.05) is 60.7 Å². The second kappa shape index (κ2) is 8.54. The highest BCUT2D eigenvalue weighted by Crippen LogP contribution is 2.34. The van der Waals surface area contributed by atoms with E-state index in [1.165, 1.54) is 16.9 Å². The molecule has 0 saturated carbocycles. The molecule has 1 aliphatic rings. The zero-order valence-electron chi connectivity index (χ0n) is 15.6. The van der Waals surface area contributed by atoms with Crippen LogP contribution in [0.4, 0.5) is 9.93 Å². The van der Waals surface area contributed by atoms with E-state index in [9.17, 15) is 4.79 Å². The minimum Gasteiger partial charge on any atom is -0.381 e. The lowest BCUT2D eigenvalue weighted by molar-refractivity contribution is 0.0508. The maximum Gasteiger partial charge on any atom is 0.321 e. The molecule has 0 bridgehead atoms. The van der Waals surface area contributed by atoms with Crippen LogP contribution in [-0.4, -0.2) is 30.8 Å². The molecule has 2 amide bonds. The third-order valence-corrected chi connectivity index (χ3v) is 5.98. The van der Waals surface area contributed by atoms with Crippen LogP contribution in [0.25, 0.3) is 11.3 Å². The third kappa shape index (κ3) is 4.24. The topological polar surface area (TPSA) is 63.2 Å². The van der Waals surface area contributed by atoms with E-state index in [0.717, 1.165) is 24.1 Å². The molecule has 2 N–H and O–H groups in total. The second-order valence-corrected chi connectivity index (χ2v) is 7.83. The van der Waals surface area contributed by atoms with E-state index in [0.29, 0.717) is 24.9 Å². The van der Waals surface area contributed by atoms with Crippen LogP contribution in [0.1, 0.15) is 18.4 Å². The van der Waals surface area contributed by atoms with Gasteiger partial charge in [-0.15, -0.1) is 11.3 Å². The van der Waals surface area contributed by atoms with E-state index in [2.05, 4.69) is 27.8 Å². The number of carbonyl (C=O) groups excluding carboxylic acids is 1. The number of benzene rings is 2. The summed E-state index contributed by atoms with van der Waals surface area (Å²) in [5.74, 6) is 0. The van der Waals surface area contributed by atoms with Crippen molar-refractivity contribution in [2.24, 2.45) is 0 Å². The largest absolute Gasteiger partial charge is 0.381 e. The lowest BCUT2D eigenvalue weighted by atomic mass is 9.74. The van der Waals surface area contributed by atoms with Crippen molar-refractivity contribution in [2.75, 3.05) is 25.1 Å². The van der Waals surface area contributed by atoms with Crippen molar-refractivity contribution >= 4 is 22.5 Å². The van der Waals surface area contributed by atoms with Crippen molar-refractivity contribution < 1.29 is 9.53 Å². The molecule has 0 atom stereocenters. The highest BCUT2D eigenvalue weighted by molar-refractivity contribution is 7.14. The van der Waals surface area contributed by atoms with Crippen molar-refractivity contribution in [1.82, 2.24) is 10.3 Å². The zero-order chi connectivity index (χ0) is 19.2. The number of amides is 2. The van der Waals surface area contributed by atoms with Crippen molar-refractivity contribution in [3.8, 4) is 11.3 Å². The first kappa shape index (κ1) is 18.7. The zero-order valence-corrected chi connectivity index (χ0v) is 16.4. The van der Waals surface area contributed by atoms with E-state index < -0.39 is 0 Å². The number of hydrogen-bond acceptors (Lipinski definition) is 4. The fourth-order valence-corrected chi connectivity index (χ4v) is 4.30. The SMILES string of the molecule is O=C(NCC1(c2ccccc2)CCOCC1)Nc1nc(-c2ccccc2)cs1. The van der Waals surface area contributed by atoms with Crippen LogP contribution in [0, 0.1) is 0 Å². The molecule has 2 heterocycles. The quantitative estimate of drug-likeness (QED) is 0.662. The third-order valence-electron chi connectivity index (χ3n) is 5.22. The Morgan fingerprint density at radius 1 is 1.04 bits per heavy atom. The van der Waals surface area contributed by atoms with Gasteiger partial charge in [0.2, 0.25) is 0 Å². The van der Waals surface area contributed by atoms with E-state index in [1.807, 2.05) is 53.9 Å². The summed E-state index contributed by atoms with van der Waals surface area (Å²) in [6, 6.07) is 20.1. The highest BCUT2D eigenvalue weighted by Gasteiger charge is 2.34. The molecule has 0 radical (unpaired) electrons. The standard InChI is InChI=1S/C22H23N3O2S/c26-20(25-21-24-19(15-28-21)17-7-3-1-4-8-17)23-16-22(11-13-27-14-12-22)18-9-5-2-6-10-18/h1-10,15H,11-14,16H2,(H2,23,24,25,26). The van der Waals surface area contributed by atoms with Crippen molar-refractivity contribution in [1.29, 1.82) is 0 Å². The van der Waals surface area contributed by atoms with Crippen molar-refractivity contribution in [3.05, 3.63) is 71.6 Å². The Morgan fingerprint density at radius 2 is 1.71 bits per heavy atom. The summed E-state index contributed by atoms with van der Waals surface area (Å²) >= 11 is 1.43. The van der Waals surface area contributed by atoms with Crippen LogP contribution in [0.5, 0.6) is 0 Å². The molecule has 5 nitrogen and oxygen atoms in total. The molecule has 0 aliphatic carbocycles. The summed E-state index contributed by atoms with van der Waals surface area (Å²) in [6.07, 6.45) is 1.79. The highest BCUT2D eigenvalue weighted by atomic mass is 32.1. The van der Waals surface area contributed by atoms with Gasteiger partial charge >= 0.3 is 6.03 Å². The van der Waals surface area contributed by atoms with Gasteiger partial charge in [-0.3, -0.25) is 5.32 Å². The maximum absolute atomic E-state index is 12.5. The maximum atomic E-state index is 12.5. The molecule has 1 aromatic heterocycles. The summed E-state index contributed by atoms with van der Waals surface area (Å²) in [7, 11) is 0. The summed E-state index contributed by atoms with van der Waals surface area (Å²) in [5, 5.41) is 8.46. The molecule has 0 spiro atoms. The van der Waals surface area contributed by atoms with Gasteiger partial charge in [-0.25, -0.2) is 9.78 Å². The summed E-state index contributed by atoms with van der Waals surface area (Å²) in [4.78, 5) is 17.0. The summed E-state index contributed by atoms with van der Waals surface area (Å²) in [5.41, 5.74) is 3.07. The van der Waals surface area contributed by atoms with Crippen LogP contribution >= 0.6 is 11.3 Å². The fraction of sp³-hybridized carbons (Fsp3) is 0.273. The predicted molar refractivity (Wildman–Crippen MR) is 113 cm³/mol. The molecule has 1 aliphatic heterocycles. The number of thiazole rings is 1. The van der Waals surface area contributed by atoms with E-state index in [4.69, 9.17) is 4.74 Å². The van der Waals surface area contributed by atoms with Crippen molar-refractivity contribution in [2.45, 2.75) is 18.3 Å². The van der Waals surface area contributed by atoms with E-state index in [1.54, 1.807) is 0 Å². The minimum atomic E-state index is -0.226. The Labute approximate surface area is 168 Å². The Hall–Kier alpha value is -2.70. The fourth-order valence-electron chi connectivity index (χ4n) is 3.58. The first-order chi connectivity index (χ1) is 13.8.